The first kappa shape index (κ1) is 32.4. The average Bonchev–Trinajstić information content (AvgIpc) is 3.05. The number of fused-ring (bicyclic) bond motifs is 1. The molecule has 5 rings (SSSR count). The molecule has 0 radical (unpaired) electrons. The molecule has 4 N–H and O–H groups in total. The predicted octanol–water partition coefficient (Wildman–Crippen LogP) is 5.34. The summed E-state index contributed by atoms with van der Waals surface area (Å²) in [7, 11) is 0. The number of hydrogen-bond donors (Lipinski definition) is 4. The van der Waals surface area contributed by atoms with E-state index in [0.29, 0.717) is 35.2 Å². The molecule has 47 heavy (non-hydrogen) atoms. The number of benzene rings is 2. The van der Waals surface area contributed by atoms with E-state index in [2.05, 4.69) is 33.0 Å². The van der Waals surface area contributed by atoms with Gasteiger partial charge in [-0.3, -0.25) is 15.2 Å². The molecular formula is C35H34N6O6. The number of carbonyl (C=O) groups is 4. The van der Waals surface area contributed by atoms with Crippen molar-refractivity contribution in [2.75, 3.05) is 11.9 Å². The van der Waals surface area contributed by atoms with Crippen molar-refractivity contribution in [3.05, 3.63) is 89.7 Å². The van der Waals surface area contributed by atoms with E-state index in [1.165, 1.54) is 11.1 Å². The Bertz CT molecular complexity index is 1870. The molecule has 1 aliphatic heterocycles. The van der Waals surface area contributed by atoms with Crippen LogP contribution in [-0.4, -0.2) is 62.2 Å². The summed E-state index contributed by atoms with van der Waals surface area (Å²) in [6.45, 7) is 5.57. The number of carboxylic acid groups (broad SMARTS) is 1. The Hall–Kier alpha value is -5.96. The molecule has 240 valence electrons. The first-order chi connectivity index (χ1) is 22.5. The van der Waals surface area contributed by atoms with Crippen molar-refractivity contribution in [2.24, 2.45) is 0 Å². The zero-order chi connectivity index (χ0) is 33.6. The number of nitrogens with zero attached hydrogens (tertiary/aromatic N) is 3. The lowest BCUT2D eigenvalue weighted by atomic mass is 10.0. The molecule has 1 unspecified atom stereocenters. The number of likely N-dealkylation sites (tertiary alicyclic amines) is 1. The topological polar surface area (TPSA) is 163 Å². The van der Waals surface area contributed by atoms with Crippen LogP contribution in [0.3, 0.4) is 0 Å². The number of anilines is 1. The Morgan fingerprint density at radius 3 is 2.28 bits per heavy atom. The van der Waals surface area contributed by atoms with E-state index in [-0.39, 0.29) is 5.56 Å². The minimum Gasteiger partial charge on any atom is -0.480 e. The van der Waals surface area contributed by atoms with Crippen molar-refractivity contribution in [1.29, 1.82) is 0 Å². The number of hydrogen-bond acceptors (Lipinski definition) is 7. The van der Waals surface area contributed by atoms with E-state index in [0.717, 1.165) is 29.5 Å². The highest BCUT2D eigenvalue weighted by Gasteiger charge is 2.32. The maximum atomic E-state index is 13.1. The van der Waals surface area contributed by atoms with Gasteiger partial charge < -0.3 is 20.1 Å². The van der Waals surface area contributed by atoms with Crippen LogP contribution in [0.2, 0.25) is 0 Å². The summed E-state index contributed by atoms with van der Waals surface area (Å²) in [5, 5.41) is 12.7. The lowest BCUT2D eigenvalue weighted by Crippen LogP contribution is -2.49. The molecule has 0 aliphatic carbocycles. The molecule has 4 aromatic rings. The summed E-state index contributed by atoms with van der Waals surface area (Å²) in [6, 6.07) is 16.5. The number of piperidine rings is 1. The van der Waals surface area contributed by atoms with Gasteiger partial charge in [0.2, 0.25) is 0 Å². The maximum absolute atomic E-state index is 13.1. The lowest BCUT2D eigenvalue weighted by molar-refractivity contribution is -0.143. The van der Waals surface area contributed by atoms with Crippen molar-refractivity contribution in [3.63, 3.8) is 0 Å². The van der Waals surface area contributed by atoms with Gasteiger partial charge in [0.25, 0.3) is 5.91 Å². The Labute approximate surface area is 271 Å². The van der Waals surface area contributed by atoms with Crippen LogP contribution in [0.15, 0.2) is 73.1 Å². The van der Waals surface area contributed by atoms with Crippen LogP contribution in [-0.2, 0) is 9.53 Å². The molecule has 12 heteroatoms. The van der Waals surface area contributed by atoms with Gasteiger partial charge in [0.15, 0.2) is 0 Å². The van der Waals surface area contributed by atoms with Crippen molar-refractivity contribution in [2.45, 2.75) is 51.7 Å². The number of aromatic nitrogens is 2. The van der Waals surface area contributed by atoms with Crippen LogP contribution in [0.25, 0.3) is 22.2 Å². The van der Waals surface area contributed by atoms with Gasteiger partial charge in [-0.1, -0.05) is 24.0 Å². The van der Waals surface area contributed by atoms with Crippen LogP contribution in [0.4, 0.5) is 15.3 Å². The molecule has 1 aliphatic rings. The van der Waals surface area contributed by atoms with Gasteiger partial charge in [0, 0.05) is 46.7 Å². The fourth-order valence-electron chi connectivity index (χ4n) is 5.02. The zero-order valence-corrected chi connectivity index (χ0v) is 26.2. The quantitative estimate of drug-likeness (QED) is 0.173. The van der Waals surface area contributed by atoms with Crippen molar-refractivity contribution in [3.8, 4) is 23.1 Å². The van der Waals surface area contributed by atoms with Gasteiger partial charge in [-0.2, -0.15) is 0 Å². The van der Waals surface area contributed by atoms with Gasteiger partial charge >= 0.3 is 18.1 Å². The molecule has 0 spiro atoms. The summed E-state index contributed by atoms with van der Waals surface area (Å²) in [6.07, 6.45) is 4.34. The van der Waals surface area contributed by atoms with Gasteiger partial charge in [0.1, 0.15) is 11.6 Å². The van der Waals surface area contributed by atoms with Gasteiger partial charge in [-0.25, -0.2) is 24.8 Å². The van der Waals surface area contributed by atoms with E-state index in [1.807, 2.05) is 24.3 Å². The van der Waals surface area contributed by atoms with E-state index >= 15 is 0 Å². The number of urea groups is 1. The minimum atomic E-state index is -0.994. The molecule has 1 atom stereocenters. The Morgan fingerprint density at radius 2 is 1.62 bits per heavy atom. The van der Waals surface area contributed by atoms with Crippen LogP contribution in [0, 0.1) is 11.8 Å². The minimum absolute atomic E-state index is 0.273. The summed E-state index contributed by atoms with van der Waals surface area (Å²) >= 11 is 0. The number of rotatable bonds is 4. The van der Waals surface area contributed by atoms with Crippen molar-refractivity contribution in [1.82, 2.24) is 25.7 Å². The molecule has 2 aromatic heterocycles. The molecule has 0 saturated carbocycles. The number of amides is 4. The Morgan fingerprint density at radius 1 is 0.936 bits per heavy atom. The number of ether oxygens (including phenoxy) is 1. The SMILES string of the molecule is CC(C)(C)OC(=O)NNC(=O)c1cc(-c2ccc(C#Cc3ccc(NC(=O)N4CCCCC4C(=O)O)cc3)cc2)nc2ccncc12. The summed E-state index contributed by atoms with van der Waals surface area (Å²) < 4.78 is 5.18. The average molecular weight is 635 g/mol. The third-order valence-corrected chi connectivity index (χ3v) is 7.25. The molecule has 12 nitrogen and oxygen atoms in total. The lowest BCUT2D eigenvalue weighted by Gasteiger charge is -2.32. The Kier molecular flexibility index (Phi) is 9.66. The number of carbonyl (C=O) groups excluding carboxylic acids is 3. The summed E-state index contributed by atoms with van der Waals surface area (Å²) in [4.78, 5) is 59.5. The highest BCUT2D eigenvalue weighted by molar-refractivity contribution is 6.07. The molecular weight excluding hydrogens is 600 g/mol. The van der Waals surface area contributed by atoms with Gasteiger partial charge in [-0.05, 0) is 88.6 Å². The standard InChI is InChI=1S/C35H34N6O6/c1-35(2,3)47-34(46)40-39-31(42)26-20-29(38-28-17-18-36-21-27(26)28)24-13-9-22(10-14-24)7-8-23-11-15-25(16-12-23)37-33(45)41-19-5-4-6-30(41)32(43)44/h9-18,20-21,30H,4-6,19H2,1-3H3,(H,37,45)(H,39,42)(H,40,46)(H,43,44). The molecule has 0 bridgehead atoms. The molecule has 1 fully saturated rings. The van der Waals surface area contributed by atoms with Crippen LogP contribution in [0.1, 0.15) is 61.5 Å². The number of nitrogens with one attached hydrogen (secondary N) is 3. The predicted molar refractivity (Wildman–Crippen MR) is 175 cm³/mol. The molecule has 2 aromatic carbocycles. The second-order valence-corrected chi connectivity index (χ2v) is 11.9. The van der Waals surface area contributed by atoms with E-state index in [4.69, 9.17) is 9.72 Å². The number of hydrazine groups is 1. The normalized spacial score (nSPS) is 14.4. The molecule has 4 amide bonds. The smallest absolute Gasteiger partial charge is 0.426 e. The van der Waals surface area contributed by atoms with E-state index in [9.17, 15) is 24.3 Å². The highest BCUT2D eigenvalue weighted by Crippen LogP contribution is 2.25. The van der Waals surface area contributed by atoms with Crippen LogP contribution in [0.5, 0.6) is 0 Å². The first-order valence-electron chi connectivity index (χ1n) is 15.0. The van der Waals surface area contributed by atoms with Gasteiger partial charge in [-0.15, -0.1) is 0 Å². The molecule has 1 saturated heterocycles. The third-order valence-electron chi connectivity index (χ3n) is 7.25. The van der Waals surface area contributed by atoms with Crippen LogP contribution >= 0.6 is 0 Å². The highest BCUT2D eigenvalue weighted by atomic mass is 16.6. The number of carboxylic acids is 1. The summed E-state index contributed by atoms with van der Waals surface area (Å²) in [5.41, 5.74) is 8.09. The molecule has 3 heterocycles. The fourth-order valence-corrected chi connectivity index (χ4v) is 5.02. The summed E-state index contributed by atoms with van der Waals surface area (Å²) in [5.74, 6) is 4.67. The van der Waals surface area contributed by atoms with E-state index in [1.54, 1.807) is 63.4 Å². The number of pyridine rings is 2. The monoisotopic (exact) mass is 634 g/mol. The number of aliphatic carboxylic acids is 1. The van der Waals surface area contributed by atoms with Crippen LogP contribution < -0.4 is 16.2 Å². The van der Waals surface area contributed by atoms with Crippen molar-refractivity contribution >= 4 is 40.6 Å². The van der Waals surface area contributed by atoms with E-state index < -0.39 is 35.6 Å². The largest absolute Gasteiger partial charge is 0.480 e. The third kappa shape index (κ3) is 8.40. The second-order valence-electron chi connectivity index (χ2n) is 11.9. The second kappa shape index (κ2) is 14.0. The zero-order valence-electron chi connectivity index (χ0n) is 26.2. The first-order valence-corrected chi connectivity index (χ1v) is 15.0. The Balaban J connectivity index is 1.26. The fraction of sp³-hybridized carbons (Fsp3) is 0.257. The maximum Gasteiger partial charge on any atom is 0.426 e. The van der Waals surface area contributed by atoms with Crippen molar-refractivity contribution < 1.29 is 29.0 Å². The van der Waals surface area contributed by atoms with Gasteiger partial charge in [0.05, 0.1) is 16.8 Å².